The van der Waals surface area contributed by atoms with Gasteiger partial charge in [0, 0.05) is 17.9 Å². The van der Waals surface area contributed by atoms with Gasteiger partial charge in [0.15, 0.2) is 12.4 Å². The van der Waals surface area contributed by atoms with Gasteiger partial charge in [-0.2, -0.15) is 0 Å². The Morgan fingerprint density at radius 2 is 1.62 bits per heavy atom. The number of carbonyl (C=O) groups excluding carboxylic acids is 2. The van der Waals surface area contributed by atoms with Gasteiger partial charge in [-0.15, -0.1) is 0 Å². The summed E-state index contributed by atoms with van der Waals surface area (Å²) in [5.74, 6) is -0.115. The molecule has 5 atom stereocenters. The smallest absolute Gasteiger partial charge is 0.306 e. The second-order valence-electron chi connectivity index (χ2n) is 9.09. The van der Waals surface area contributed by atoms with Gasteiger partial charge in [-0.3, -0.25) is 4.79 Å². The van der Waals surface area contributed by atoms with Crippen molar-refractivity contribution in [3.8, 4) is 5.75 Å². The van der Waals surface area contributed by atoms with Crippen LogP contribution in [0.5, 0.6) is 5.75 Å². The quantitative estimate of drug-likeness (QED) is 0.107. The summed E-state index contributed by atoms with van der Waals surface area (Å²) in [5.41, 5.74) is 10.3. The van der Waals surface area contributed by atoms with Crippen LogP contribution < -0.4 is 4.74 Å². The Labute approximate surface area is 232 Å². The minimum absolute atomic E-state index is 0.0104. The molecule has 40 heavy (non-hydrogen) atoms. The molecular formula is C28H35N3O9. The van der Waals surface area contributed by atoms with E-state index in [-0.39, 0.29) is 45.0 Å². The van der Waals surface area contributed by atoms with Gasteiger partial charge in [-0.1, -0.05) is 47.6 Å². The van der Waals surface area contributed by atoms with Crippen LogP contribution in [0, 0.1) is 0 Å². The number of ether oxygens (including phenoxy) is 6. The van der Waals surface area contributed by atoms with Crippen LogP contribution in [0.1, 0.15) is 30.9 Å². The van der Waals surface area contributed by atoms with Crippen molar-refractivity contribution in [1.29, 1.82) is 0 Å². The normalized spacial score (nSPS) is 22.2. The summed E-state index contributed by atoms with van der Waals surface area (Å²) in [6.45, 7) is 1.24. The highest BCUT2D eigenvalue weighted by molar-refractivity contribution is 5.81. The molecule has 3 rings (SSSR count). The van der Waals surface area contributed by atoms with E-state index in [1.54, 1.807) is 19.2 Å². The van der Waals surface area contributed by atoms with Crippen LogP contribution in [0.2, 0.25) is 0 Å². The monoisotopic (exact) mass is 557 g/mol. The van der Waals surface area contributed by atoms with Crippen LogP contribution in [0.4, 0.5) is 0 Å². The highest BCUT2D eigenvalue weighted by Crippen LogP contribution is 2.31. The third-order valence-electron chi connectivity index (χ3n) is 6.14. The van der Waals surface area contributed by atoms with E-state index < -0.39 is 43.3 Å². The number of azide groups is 1. The molecular weight excluding hydrogens is 522 g/mol. The van der Waals surface area contributed by atoms with Crippen molar-refractivity contribution in [1.82, 2.24) is 0 Å². The molecule has 2 aromatic carbocycles. The molecule has 0 aliphatic carbocycles. The molecule has 1 N–H and O–H groups in total. The minimum atomic E-state index is -1.16. The van der Waals surface area contributed by atoms with Crippen molar-refractivity contribution in [3.05, 3.63) is 76.2 Å². The summed E-state index contributed by atoms with van der Waals surface area (Å²) in [5, 5.41) is 13.7. The number of ketones is 1. The Bertz CT molecular complexity index is 1110. The third kappa shape index (κ3) is 9.60. The van der Waals surface area contributed by atoms with Gasteiger partial charge >= 0.3 is 5.97 Å². The van der Waals surface area contributed by atoms with Crippen LogP contribution >= 0.6 is 0 Å². The molecule has 1 heterocycles. The molecule has 0 spiro atoms. The van der Waals surface area contributed by atoms with E-state index in [1.807, 2.05) is 42.5 Å². The number of benzene rings is 2. The minimum Gasteiger partial charge on any atom is -0.497 e. The highest BCUT2D eigenvalue weighted by atomic mass is 16.7. The van der Waals surface area contributed by atoms with Gasteiger partial charge in [0.1, 0.15) is 29.8 Å². The standard InChI is InChI=1S/C28H35N3O9/c1-19(33)8-13-24(34)40-27-26(38-18-21-9-11-22(35-2)12-10-21)25(37-17-20-6-4-3-5-7-20)23(16-32)39-28(27)36-15-14-30-31-29/h3-7,9-12,23,25-28,32H,8,13-18H2,1-2H3/t23-,25-,26+,27+,28+/m1/s1. The molecule has 0 unspecified atom stereocenters. The number of hydrogen-bond donors (Lipinski definition) is 1. The number of methoxy groups -OCH3 is 1. The first-order chi connectivity index (χ1) is 19.4. The largest absolute Gasteiger partial charge is 0.497 e. The molecule has 1 aliphatic rings. The molecule has 2 aromatic rings. The molecule has 0 aromatic heterocycles. The van der Waals surface area contributed by atoms with E-state index in [9.17, 15) is 14.7 Å². The molecule has 0 amide bonds. The van der Waals surface area contributed by atoms with E-state index in [0.717, 1.165) is 11.1 Å². The zero-order valence-electron chi connectivity index (χ0n) is 22.6. The average molecular weight is 558 g/mol. The van der Waals surface area contributed by atoms with Crippen molar-refractivity contribution >= 4 is 11.8 Å². The number of carbonyl (C=O) groups is 2. The Hall–Kier alpha value is -3.51. The lowest BCUT2D eigenvalue weighted by Crippen LogP contribution is -2.62. The van der Waals surface area contributed by atoms with Gasteiger partial charge < -0.3 is 38.3 Å². The third-order valence-corrected chi connectivity index (χ3v) is 6.14. The lowest BCUT2D eigenvalue weighted by Gasteiger charge is -2.45. The van der Waals surface area contributed by atoms with Gasteiger partial charge in [0.2, 0.25) is 0 Å². The number of Topliss-reactive ketones (excluding diaryl/α,β-unsaturated/α-hetero) is 1. The van der Waals surface area contributed by atoms with E-state index in [1.165, 1.54) is 6.92 Å². The Balaban J connectivity index is 1.89. The molecule has 12 heteroatoms. The molecule has 1 fully saturated rings. The fraction of sp³-hybridized carbons (Fsp3) is 0.500. The average Bonchev–Trinajstić information content (AvgIpc) is 2.97. The molecule has 0 radical (unpaired) electrons. The number of aliphatic hydroxyl groups excluding tert-OH is 1. The second-order valence-corrected chi connectivity index (χ2v) is 9.09. The van der Waals surface area contributed by atoms with E-state index in [0.29, 0.717) is 5.75 Å². The maximum atomic E-state index is 12.8. The van der Waals surface area contributed by atoms with Crippen LogP contribution in [-0.4, -0.2) is 74.4 Å². The number of hydrogen-bond acceptors (Lipinski definition) is 10. The van der Waals surface area contributed by atoms with E-state index in [4.69, 9.17) is 34.0 Å². The summed E-state index contributed by atoms with van der Waals surface area (Å²) in [6, 6.07) is 16.7. The Morgan fingerprint density at radius 3 is 2.25 bits per heavy atom. The number of esters is 1. The Morgan fingerprint density at radius 1 is 0.950 bits per heavy atom. The summed E-state index contributed by atoms with van der Waals surface area (Å²) in [4.78, 5) is 26.9. The van der Waals surface area contributed by atoms with Gasteiger partial charge in [0.25, 0.3) is 0 Å². The van der Waals surface area contributed by atoms with Crippen molar-refractivity contribution in [2.45, 2.75) is 63.7 Å². The summed E-state index contributed by atoms with van der Waals surface area (Å²) >= 11 is 0. The second kappa shape index (κ2) is 16.6. The van der Waals surface area contributed by atoms with Crippen molar-refractivity contribution in [3.63, 3.8) is 0 Å². The predicted molar refractivity (Wildman–Crippen MR) is 142 cm³/mol. The van der Waals surface area contributed by atoms with Crippen molar-refractivity contribution in [2.24, 2.45) is 5.11 Å². The first kappa shape index (κ1) is 31.0. The molecule has 216 valence electrons. The zero-order valence-corrected chi connectivity index (χ0v) is 22.6. The Kier molecular flexibility index (Phi) is 12.8. The lowest BCUT2D eigenvalue weighted by molar-refractivity contribution is -0.318. The summed E-state index contributed by atoms with van der Waals surface area (Å²) in [7, 11) is 1.57. The highest BCUT2D eigenvalue weighted by Gasteiger charge is 2.50. The summed E-state index contributed by atoms with van der Waals surface area (Å²) < 4.78 is 35.3. The molecule has 1 saturated heterocycles. The van der Waals surface area contributed by atoms with Gasteiger partial charge in [0.05, 0.1) is 40.0 Å². The molecule has 1 aliphatic heterocycles. The van der Waals surface area contributed by atoms with E-state index in [2.05, 4.69) is 10.0 Å². The van der Waals surface area contributed by atoms with Crippen molar-refractivity contribution < 1.29 is 43.1 Å². The van der Waals surface area contributed by atoms with Gasteiger partial charge in [-0.25, -0.2) is 0 Å². The molecule has 0 bridgehead atoms. The number of rotatable bonds is 16. The maximum Gasteiger partial charge on any atom is 0.306 e. The summed E-state index contributed by atoms with van der Waals surface area (Å²) in [6.07, 6.45) is -5.08. The number of nitrogens with zero attached hydrogens (tertiary/aromatic N) is 3. The van der Waals surface area contributed by atoms with Crippen LogP contribution in [0.3, 0.4) is 0 Å². The van der Waals surface area contributed by atoms with Crippen LogP contribution in [0.15, 0.2) is 59.7 Å². The lowest BCUT2D eigenvalue weighted by atomic mass is 9.98. The topological polar surface area (TPSA) is 159 Å². The first-order valence-electron chi connectivity index (χ1n) is 12.9. The van der Waals surface area contributed by atoms with Crippen LogP contribution in [-0.2, 0) is 46.5 Å². The van der Waals surface area contributed by atoms with E-state index >= 15 is 0 Å². The van der Waals surface area contributed by atoms with Gasteiger partial charge in [-0.05, 0) is 35.7 Å². The van der Waals surface area contributed by atoms with Crippen LogP contribution in [0.25, 0.3) is 10.4 Å². The maximum absolute atomic E-state index is 12.8. The fourth-order valence-corrected chi connectivity index (χ4v) is 4.10. The fourth-order valence-electron chi connectivity index (χ4n) is 4.10. The van der Waals surface area contributed by atoms with Crippen molar-refractivity contribution in [2.75, 3.05) is 26.9 Å². The zero-order chi connectivity index (χ0) is 28.7. The first-order valence-corrected chi connectivity index (χ1v) is 12.9. The SMILES string of the molecule is COc1ccc(CO[C@@H]2[C@H](OC(=O)CCC(C)=O)[C@@H](OCCN=[N+]=[N-])O[C@H](CO)[C@H]2OCc2ccccc2)cc1. The number of aliphatic hydroxyl groups is 1. The molecule has 0 saturated carbocycles. The predicted octanol–water partition coefficient (Wildman–Crippen LogP) is 3.49. The molecule has 12 nitrogen and oxygen atoms in total.